The third-order valence-electron chi connectivity index (χ3n) is 4.19. The van der Waals surface area contributed by atoms with Crippen molar-refractivity contribution in [2.45, 2.75) is 19.6 Å². The summed E-state index contributed by atoms with van der Waals surface area (Å²) in [6.07, 6.45) is -1.40. The molecule has 0 aliphatic rings. The molecule has 4 N–H and O–H groups in total. The van der Waals surface area contributed by atoms with Gasteiger partial charge < -0.3 is 15.7 Å². The first-order valence-electron chi connectivity index (χ1n) is 8.66. The van der Waals surface area contributed by atoms with Gasteiger partial charge in [0.1, 0.15) is 5.75 Å². The Bertz CT molecular complexity index is 1230. The third-order valence-corrected chi connectivity index (χ3v) is 5.25. The van der Waals surface area contributed by atoms with Crippen molar-refractivity contribution in [3.63, 3.8) is 0 Å². The molecule has 1 aromatic heterocycles. The molecule has 3 aromatic rings. The van der Waals surface area contributed by atoms with Crippen LogP contribution in [0.2, 0.25) is 0 Å². The summed E-state index contributed by atoms with van der Waals surface area (Å²) in [6.45, 7) is 3.90. The highest BCUT2D eigenvalue weighted by molar-refractivity contribution is 7.86. The van der Waals surface area contributed by atoms with Gasteiger partial charge in [-0.2, -0.15) is 8.42 Å². The first kappa shape index (κ1) is 20.3. The molecule has 0 saturated carbocycles. The molecule has 150 valence electrons. The van der Waals surface area contributed by atoms with Crippen LogP contribution in [0.1, 0.15) is 16.7 Å². The number of fused-ring (bicyclic) bond motifs is 1. The fourth-order valence-corrected chi connectivity index (χ4v) is 3.95. The Morgan fingerprint density at radius 3 is 2.52 bits per heavy atom. The summed E-state index contributed by atoms with van der Waals surface area (Å²) in [5, 5.41) is 0.766. The van der Waals surface area contributed by atoms with Crippen LogP contribution in [-0.2, 0) is 20.1 Å². The summed E-state index contributed by atoms with van der Waals surface area (Å²) in [5.41, 5.74) is 14.6. The highest BCUT2D eigenvalue weighted by Gasteiger charge is 2.22. The molecule has 0 bridgehead atoms. The third kappa shape index (κ3) is 4.88. The largest absolute Gasteiger partial charge is 0.452 e. The van der Waals surface area contributed by atoms with Gasteiger partial charge in [0.05, 0.1) is 11.2 Å². The Hall–Kier alpha value is -3.46. The lowest BCUT2D eigenvalue weighted by molar-refractivity contribution is 0.213. The van der Waals surface area contributed by atoms with E-state index in [-0.39, 0.29) is 0 Å². The molecular weight excluding hydrogens is 392 g/mol. The van der Waals surface area contributed by atoms with Gasteiger partial charge in [-0.25, -0.2) is 9.78 Å². The van der Waals surface area contributed by atoms with Crippen molar-refractivity contribution in [3.8, 4) is 11.3 Å². The van der Waals surface area contributed by atoms with E-state index in [0.717, 1.165) is 27.6 Å². The first-order valence-corrected chi connectivity index (χ1v) is 10.2. The number of carbonyl (C=O) groups is 1. The van der Waals surface area contributed by atoms with Crippen molar-refractivity contribution in [1.82, 2.24) is 4.98 Å². The second-order valence-corrected chi connectivity index (χ2v) is 8.17. The van der Waals surface area contributed by atoms with Crippen molar-refractivity contribution in [3.05, 3.63) is 65.2 Å². The molecular formula is C20H20N4O4S. The van der Waals surface area contributed by atoms with Gasteiger partial charge in [0.2, 0.25) is 0 Å². The van der Waals surface area contributed by atoms with Crippen LogP contribution in [0.3, 0.4) is 0 Å². The Morgan fingerprint density at radius 1 is 1.10 bits per heavy atom. The molecule has 3 rings (SSSR count). The maximum absolute atomic E-state index is 12.4. The number of para-hydroxylation sites is 1. The number of aliphatic imine (C=N–C) groups is 1. The molecule has 0 radical (unpaired) electrons. The number of aromatic nitrogens is 1. The van der Waals surface area contributed by atoms with Crippen LogP contribution in [0.15, 0.2) is 53.5 Å². The van der Waals surface area contributed by atoms with E-state index in [2.05, 4.69) is 14.2 Å². The molecule has 0 aliphatic carbocycles. The average molecular weight is 412 g/mol. The van der Waals surface area contributed by atoms with Gasteiger partial charge in [-0.15, -0.1) is 4.99 Å². The van der Waals surface area contributed by atoms with Crippen molar-refractivity contribution in [2.24, 2.45) is 16.5 Å². The molecule has 0 atom stereocenters. The highest BCUT2D eigenvalue weighted by Crippen LogP contribution is 2.30. The van der Waals surface area contributed by atoms with Crippen LogP contribution in [0.25, 0.3) is 22.2 Å². The summed E-state index contributed by atoms with van der Waals surface area (Å²) in [6, 6.07) is 14.9. The molecule has 1 heterocycles. The van der Waals surface area contributed by atoms with Crippen molar-refractivity contribution in [2.75, 3.05) is 0 Å². The van der Waals surface area contributed by atoms with Gasteiger partial charge >= 0.3 is 16.2 Å². The minimum Gasteiger partial charge on any atom is -0.370 e. The summed E-state index contributed by atoms with van der Waals surface area (Å²) in [5.74, 6) is -1.16. The molecule has 0 spiro atoms. The monoisotopic (exact) mass is 412 g/mol. The zero-order valence-corrected chi connectivity index (χ0v) is 16.7. The van der Waals surface area contributed by atoms with Gasteiger partial charge in [0.25, 0.3) is 0 Å². The van der Waals surface area contributed by atoms with Gasteiger partial charge in [-0.3, -0.25) is 0 Å². The van der Waals surface area contributed by atoms with Gasteiger partial charge in [0.15, 0.2) is 5.96 Å². The van der Waals surface area contributed by atoms with Crippen molar-refractivity contribution >= 4 is 33.1 Å². The smallest absolute Gasteiger partial charge is 0.370 e. The molecule has 29 heavy (non-hydrogen) atoms. The molecule has 0 aliphatic heterocycles. The highest BCUT2D eigenvalue weighted by atomic mass is 32.2. The Morgan fingerprint density at radius 2 is 1.83 bits per heavy atom. The van der Waals surface area contributed by atoms with E-state index in [1.165, 1.54) is 0 Å². The van der Waals surface area contributed by atoms with E-state index < -0.39 is 27.9 Å². The minimum absolute atomic E-state index is 0.396. The minimum atomic E-state index is -4.31. The Kier molecular flexibility index (Phi) is 5.51. The molecule has 9 heteroatoms. The van der Waals surface area contributed by atoms with Crippen LogP contribution in [0.5, 0.6) is 0 Å². The summed E-state index contributed by atoms with van der Waals surface area (Å²) in [7, 11) is -4.31. The van der Waals surface area contributed by atoms with Crippen LogP contribution >= 0.6 is 0 Å². The standard InChI is InChI=1S/C20H20N4O4S/c1-12-7-8-16(13(2)9-12)18-15(10-14-5-3-4-6-17(14)23-18)11-29(26,27)28-20(25)24-19(21)22/h3-10H,11H2,1-2H3,(H4,21,22,24,25). The van der Waals surface area contributed by atoms with Gasteiger partial charge in [-0.05, 0) is 37.1 Å². The number of nitrogens with two attached hydrogens (primary N) is 2. The average Bonchev–Trinajstić information content (AvgIpc) is 2.59. The van der Waals surface area contributed by atoms with Gasteiger partial charge in [-0.1, -0.05) is 42.0 Å². The number of aryl methyl sites for hydroxylation is 2. The van der Waals surface area contributed by atoms with E-state index in [9.17, 15) is 13.2 Å². The number of carbonyl (C=O) groups excluding carboxylic acids is 1. The predicted molar refractivity (Wildman–Crippen MR) is 112 cm³/mol. The zero-order valence-electron chi connectivity index (χ0n) is 15.9. The summed E-state index contributed by atoms with van der Waals surface area (Å²) < 4.78 is 29.3. The number of hydrogen-bond acceptors (Lipinski definition) is 5. The molecule has 0 unspecified atom stereocenters. The maximum Gasteiger partial charge on any atom is 0.452 e. The lowest BCUT2D eigenvalue weighted by Crippen LogP contribution is -2.25. The summed E-state index contributed by atoms with van der Waals surface area (Å²) >= 11 is 0. The molecule has 8 nitrogen and oxygen atoms in total. The lowest BCUT2D eigenvalue weighted by atomic mass is 9.98. The van der Waals surface area contributed by atoms with E-state index in [1.807, 2.05) is 56.3 Å². The Balaban J connectivity index is 2.10. The first-order chi connectivity index (χ1) is 13.6. The topological polar surface area (TPSA) is 138 Å². The molecule has 2 aromatic carbocycles. The SMILES string of the molecule is Cc1ccc(-c2nc3ccccc3cc2CS(=O)(=O)OC(=O)N=C(N)N)c(C)c1. The zero-order chi connectivity index (χ0) is 21.2. The van der Waals surface area contributed by atoms with E-state index in [4.69, 9.17) is 11.5 Å². The molecule has 1 amide bonds. The summed E-state index contributed by atoms with van der Waals surface area (Å²) in [4.78, 5) is 19.3. The number of rotatable bonds is 4. The van der Waals surface area contributed by atoms with E-state index in [0.29, 0.717) is 11.3 Å². The van der Waals surface area contributed by atoms with Crippen LogP contribution in [0.4, 0.5) is 4.79 Å². The number of benzene rings is 2. The maximum atomic E-state index is 12.4. The van der Waals surface area contributed by atoms with E-state index >= 15 is 0 Å². The lowest BCUT2D eigenvalue weighted by Gasteiger charge is -2.13. The number of guanidine groups is 1. The number of amides is 1. The van der Waals surface area contributed by atoms with Crippen molar-refractivity contribution in [1.29, 1.82) is 0 Å². The second kappa shape index (κ2) is 7.88. The van der Waals surface area contributed by atoms with Gasteiger partial charge in [0, 0.05) is 10.9 Å². The quantitative estimate of drug-likeness (QED) is 0.382. The van der Waals surface area contributed by atoms with Crippen LogP contribution in [-0.4, -0.2) is 25.5 Å². The number of nitrogens with zero attached hydrogens (tertiary/aromatic N) is 2. The predicted octanol–water partition coefficient (Wildman–Crippen LogP) is 2.76. The van der Waals surface area contributed by atoms with Crippen LogP contribution in [0, 0.1) is 13.8 Å². The fourth-order valence-electron chi connectivity index (χ4n) is 3.03. The molecule has 0 fully saturated rings. The Labute approximate surface area is 168 Å². The fraction of sp³-hybridized carbons (Fsp3) is 0.150. The second-order valence-electron chi connectivity index (χ2n) is 6.60. The van der Waals surface area contributed by atoms with Crippen LogP contribution < -0.4 is 11.5 Å². The molecule has 0 saturated heterocycles. The van der Waals surface area contributed by atoms with E-state index in [1.54, 1.807) is 6.07 Å². The number of pyridine rings is 1. The number of hydrogen-bond donors (Lipinski definition) is 2. The van der Waals surface area contributed by atoms with Crippen molar-refractivity contribution < 1.29 is 17.4 Å². The normalized spacial score (nSPS) is 11.2.